The van der Waals surface area contributed by atoms with Crippen molar-refractivity contribution in [1.29, 1.82) is 0 Å². The van der Waals surface area contributed by atoms with E-state index in [0.29, 0.717) is 5.71 Å². The predicted molar refractivity (Wildman–Crippen MR) is 66.7 cm³/mol. The molecular formula is C13H13N3O. The predicted octanol–water partition coefficient (Wildman–Crippen LogP) is 2.24. The molecule has 0 fully saturated rings. The Bertz CT molecular complexity index is 499. The first kappa shape index (κ1) is 11.3. The molecule has 2 rings (SSSR count). The number of nitrogens with one attached hydrogen (secondary N) is 1. The summed E-state index contributed by atoms with van der Waals surface area (Å²) in [7, 11) is 1.58. The number of hydrogen-bond donors (Lipinski definition) is 1. The Labute approximate surface area is 99.8 Å². The number of para-hydroxylation sites is 1. The maximum atomic E-state index is 8.78. The summed E-state index contributed by atoms with van der Waals surface area (Å²) < 4.78 is 5.20. The van der Waals surface area contributed by atoms with Crippen LogP contribution in [0.25, 0.3) is 5.53 Å². The second-order valence-corrected chi connectivity index (χ2v) is 3.63. The van der Waals surface area contributed by atoms with Gasteiger partial charge in [0.15, 0.2) is 6.10 Å². The minimum absolute atomic E-state index is 0.323. The van der Waals surface area contributed by atoms with Gasteiger partial charge in [-0.25, -0.2) is 0 Å². The van der Waals surface area contributed by atoms with Gasteiger partial charge in [-0.1, -0.05) is 18.2 Å². The monoisotopic (exact) mass is 227 g/mol. The molecule has 1 aliphatic rings. The fourth-order valence-corrected chi connectivity index (χ4v) is 1.62. The number of anilines is 1. The molecule has 0 aromatic heterocycles. The third-order valence-corrected chi connectivity index (χ3v) is 2.49. The van der Waals surface area contributed by atoms with Gasteiger partial charge in [0.1, 0.15) is 0 Å². The number of hydrogen-bond acceptors (Lipinski definition) is 2. The topological polar surface area (TPSA) is 57.7 Å². The van der Waals surface area contributed by atoms with Crippen molar-refractivity contribution < 1.29 is 9.53 Å². The van der Waals surface area contributed by atoms with Gasteiger partial charge in [-0.05, 0) is 24.3 Å². The lowest BCUT2D eigenvalue weighted by atomic mass is 10.1. The van der Waals surface area contributed by atoms with Gasteiger partial charge >= 0.3 is 5.71 Å². The van der Waals surface area contributed by atoms with Crippen molar-refractivity contribution in [1.82, 2.24) is 0 Å². The van der Waals surface area contributed by atoms with Crippen LogP contribution in [0.15, 0.2) is 54.3 Å². The summed E-state index contributed by atoms with van der Waals surface area (Å²) in [6, 6.07) is 9.84. The second-order valence-electron chi connectivity index (χ2n) is 3.63. The van der Waals surface area contributed by atoms with Crippen LogP contribution in [0.2, 0.25) is 0 Å². The first-order valence-corrected chi connectivity index (χ1v) is 5.30. The van der Waals surface area contributed by atoms with Crippen molar-refractivity contribution in [3.05, 3.63) is 59.8 Å². The third kappa shape index (κ3) is 2.69. The van der Waals surface area contributed by atoms with E-state index < -0.39 is 0 Å². The van der Waals surface area contributed by atoms with Gasteiger partial charge in [-0.2, -0.15) is 4.79 Å². The molecule has 1 aromatic rings. The number of allylic oxidation sites excluding steroid dienone is 1. The Kier molecular flexibility index (Phi) is 3.50. The molecule has 0 spiro atoms. The Hall–Kier alpha value is -2.16. The lowest BCUT2D eigenvalue weighted by molar-refractivity contribution is -0.0184. The molecule has 4 heteroatoms. The van der Waals surface area contributed by atoms with E-state index in [-0.39, 0.29) is 6.10 Å². The molecule has 0 saturated heterocycles. The Morgan fingerprint density at radius 1 is 1.24 bits per heavy atom. The smallest absolute Gasteiger partial charge is 0.324 e. The van der Waals surface area contributed by atoms with Gasteiger partial charge in [0.2, 0.25) is 0 Å². The van der Waals surface area contributed by atoms with Crippen molar-refractivity contribution >= 4 is 11.4 Å². The molecule has 0 radical (unpaired) electrons. The molecule has 4 nitrogen and oxygen atoms in total. The molecule has 86 valence electrons. The summed E-state index contributed by atoms with van der Waals surface area (Å²) >= 11 is 0. The van der Waals surface area contributed by atoms with Crippen LogP contribution >= 0.6 is 0 Å². The summed E-state index contributed by atoms with van der Waals surface area (Å²) in [6.45, 7) is 0. The van der Waals surface area contributed by atoms with Gasteiger partial charge in [0.05, 0.1) is 0 Å². The number of rotatable bonds is 3. The van der Waals surface area contributed by atoms with E-state index in [0.717, 1.165) is 11.4 Å². The van der Waals surface area contributed by atoms with E-state index >= 15 is 0 Å². The maximum absolute atomic E-state index is 8.78. The molecule has 0 bridgehead atoms. The molecule has 1 N–H and O–H groups in total. The van der Waals surface area contributed by atoms with Crippen molar-refractivity contribution in [3.8, 4) is 0 Å². The summed E-state index contributed by atoms with van der Waals surface area (Å²) in [6.07, 6.45) is 5.11. The van der Waals surface area contributed by atoms with Gasteiger partial charge in [0, 0.05) is 24.6 Å². The molecule has 0 amide bonds. The zero-order valence-electron chi connectivity index (χ0n) is 9.50. The molecular weight excluding hydrogens is 214 g/mol. The quantitative estimate of drug-likeness (QED) is 0.636. The zero-order valence-corrected chi connectivity index (χ0v) is 9.50. The first-order valence-electron chi connectivity index (χ1n) is 5.30. The van der Waals surface area contributed by atoms with Crippen LogP contribution in [0, 0.1) is 0 Å². The molecule has 1 unspecified atom stereocenters. The van der Waals surface area contributed by atoms with Crippen molar-refractivity contribution in [2.24, 2.45) is 0 Å². The average molecular weight is 227 g/mol. The van der Waals surface area contributed by atoms with Gasteiger partial charge in [0.25, 0.3) is 0 Å². The lowest BCUT2D eigenvalue weighted by Gasteiger charge is -2.13. The highest BCUT2D eigenvalue weighted by molar-refractivity contribution is 5.97. The Morgan fingerprint density at radius 3 is 2.65 bits per heavy atom. The van der Waals surface area contributed by atoms with Crippen molar-refractivity contribution in [2.75, 3.05) is 12.4 Å². The summed E-state index contributed by atoms with van der Waals surface area (Å²) in [5, 5.41) is 3.25. The summed E-state index contributed by atoms with van der Waals surface area (Å²) in [4.78, 5) is 3.17. The van der Waals surface area contributed by atoms with E-state index in [1.807, 2.05) is 42.5 Å². The minimum atomic E-state index is -0.323. The molecule has 1 aliphatic carbocycles. The molecule has 1 atom stereocenters. The Morgan fingerprint density at radius 2 is 2.00 bits per heavy atom. The normalized spacial score (nSPS) is 18.5. The van der Waals surface area contributed by atoms with Crippen LogP contribution in [0.4, 0.5) is 5.69 Å². The molecule has 0 heterocycles. The van der Waals surface area contributed by atoms with Gasteiger partial charge < -0.3 is 15.6 Å². The fourth-order valence-electron chi connectivity index (χ4n) is 1.62. The van der Waals surface area contributed by atoms with E-state index in [2.05, 4.69) is 10.1 Å². The SMILES string of the molecule is COC1C=C(Nc2ccccc2)C=CC1=[N+]=[N-]. The van der Waals surface area contributed by atoms with Gasteiger partial charge in [-0.3, -0.25) is 0 Å². The summed E-state index contributed by atoms with van der Waals surface area (Å²) in [5.41, 5.74) is 11.2. The highest BCUT2D eigenvalue weighted by Gasteiger charge is 2.22. The first-order chi connectivity index (χ1) is 8.33. The number of ether oxygens (including phenoxy) is 1. The largest absolute Gasteiger partial charge is 0.365 e. The molecule has 0 saturated carbocycles. The fraction of sp³-hybridized carbons (Fsp3) is 0.154. The average Bonchev–Trinajstić information content (AvgIpc) is 2.40. The van der Waals surface area contributed by atoms with Crippen LogP contribution in [-0.2, 0) is 4.74 Å². The second kappa shape index (κ2) is 5.25. The zero-order chi connectivity index (χ0) is 12.1. The van der Waals surface area contributed by atoms with Crippen LogP contribution in [0.1, 0.15) is 0 Å². The molecule has 17 heavy (non-hydrogen) atoms. The van der Waals surface area contributed by atoms with Crippen LogP contribution in [0.5, 0.6) is 0 Å². The number of benzene rings is 1. The standard InChI is InChI=1S/C13H13N3O/c1-17-13-9-11(7-8-12(13)16-14)15-10-5-3-2-4-6-10/h2-9,13,15H,1H3. The number of methoxy groups -OCH3 is 1. The van der Waals surface area contributed by atoms with E-state index in [1.165, 1.54) is 0 Å². The van der Waals surface area contributed by atoms with Crippen LogP contribution < -0.4 is 5.32 Å². The van der Waals surface area contributed by atoms with E-state index in [4.69, 9.17) is 10.3 Å². The highest BCUT2D eigenvalue weighted by Crippen LogP contribution is 2.14. The molecule has 0 aliphatic heterocycles. The Balaban J connectivity index is 2.16. The van der Waals surface area contributed by atoms with E-state index in [9.17, 15) is 0 Å². The summed E-state index contributed by atoms with van der Waals surface area (Å²) in [5.74, 6) is 0. The van der Waals surface area contributed by atoms with Crippen LogP contribution in [0.3, 0.4) is 0 Å². The minimum Gasteiger partial charge on any atom is -0.365 e. The van der Waals surface area contributed by atoms with Crippen LogP contribution in [-0.4, -0.2) is 23.7 Å². The highest BCUT2D eigenvalue weighted by atomic mass is 16.5. The third-order valence-electron chi connectivity index (χ3n) is 2.49. The maximum Gasteiger partial charge on any atom is 0.324 e. The number of nitrogens with zero attached hydrogens (tertiary/aromatic N) is 2. The van der Waals surface area contributed by atoms with Gasteiger partial charge in [-0.15, -0.1) is 0 Å². The lowest BCUT2D eigenvalue weighted by Crippen LogP contribution is -2.23. The van der Waals surface area contributed by atoms with Crippen molar-refractivity contribution in [3.63, 3.8) is 0 Å². The van der Waals surface area contributed by atoms with Crippen molar-refractivity contribution in [2.45, 2.75) is 6.10 Å². The molecule has 1 aromatic carbocycles. The van der Waals surface area contributed by atoms with E-state index in [1.54, 1.807) is 13.2 Å².